The second-order valence-corrected chi connectivity index (χ2v) is 4.97. The number of carbonyl (C=O) groups is 1. The van der Waals surface area contributed by atoms with Gasteiger partial charge in [0.25, 0.3) is 0 Å². The van der Waals surface area contributed by atoms with Crippen molar-refractivity contribution in [3.8, 4) is 0 Å². The molecule has 0 heterocycles. The first kappa shape index (κ1) is 13.5. The maximum absolute atomic E-state index is 11.6. The molecule has 0 atom stereocenters. The van der Waals surface area contributed by atoms with E-state index in [-0.39, 0.29) is 18.1 Å². The quantitative estimate of drug-likeness (QED) is 0.792. The van der Waals surface area contributed by atoms with Gasteiger partial charge in [0.2, 0.25) is 5.91 Å². The maximum Gasteiger partial charge on any atom is 0.250 e. The van der Waals surface area contributed by atoms with Crippen LogP contribution in [0, 0.1) is 6.92 Å². The summed E-state index contributed by atoms with van der Waals surface area (Å²) in [6.45, 7) is 7.64. The first-order valence-corrected chi connectivity index (χ1v) is 5.58. The smallest absolute Gasteiger partial charge is 0.250 e. The van der Waals surface area contributed by atoms with Crippen molar-refractivity contribution < 1.29 is 9.53 Å². The molecule has 17 heavy (non-hydrogen) atoms. The average molecular weight is 236 g/mol. The minimum absolute atomic E-state index is 0.0394. The lowest BCUT2D eigenvalue weighted by Crippen LogP contribution is -2.27. The van der Waals surface area contributed by atoms with E-state index in [1.165, 1.54) is 0 Å². The summed E-state index contributed by atoms with van der Waals surface area (Å²) in [7, 11) is 0. The lowest BCUT2D eigenvalue weighted by Gasteiger charge is -2.19. The second kappa shape index (κ2) is 5.19. The molecule has 4 nitrogen and oxygen atoms in total. The van der Waals surface area contributed by atoms with Crippen LogP contribution in [-0.2, 0) is 9.53 Å². The largest absolute Gasteiger partial charge is 0.398 e. The molecule has 0 unspecified atom stereocenters. The van der Waals surface area contributed by atoms with Crippen LogP contribution in [0.5, 0.6) is 0 Å². The summed E-state index contributed by atoms with van der Waals surface area (Å²) in [4.78, 5) is 11.6. The molecule has 0 saturated heterocycles. The molecule has 0 spiro atoms. The number of amides is 1. The fourth-order valence-electron chi connectivity index (χ4n) is 1.26. The Bertz CT molecular complexity index is 408. The van der Waals surface area contributed by atoms with Gasteiger partial charge >= 0.3 is 0 Å². The van der Waals surface area contributed by atoms with Gasteiger partial charge in [0.1, 0.15) is 6.61 Å². The lowest BCUT2D eigenvalue weighted by atomic mass is 10.1. The first-order valence-electron chi connectivity index (χ1n) is 5.58. The minimum Gasteiger partial charge on any atom is -0.398 e. The first-order chi connectivity index (χ1) is 7.79. The van der Waals surface area contributed by atoms with E-state index in [0.29, 0.717) is 5.69 Å². The number of carbonyl (C=O) groups excluding carboxylic acids is 1. The molecule has 0 bridgehead atoms. The summed E-state index contributed by atoms with van der Waals surface area (Å²) in [5.41, 5.74) is 7.71. The number of nitrogen functional groups attached to an aromatic ring is 1. The molecular formula is C13H20N2O2. The van der Waals surface area contributed by atoms with E-state index in [0.717, 1.165) is 11.3 Å². The van der Waals surface area contributed by atoms with Gasteiger partial charge in [-0.3, -0.25) is 4.79 Å². The molecule has 0 fully saturated rings. The number of benzene rings is 1. The van der Waals surface area contributed by atoms with Crippen LogP contribution in [0.2, 0.25) is 0 Å². The second-order valence-electron chi connectivity index (χ2n) is 4.97. The number of hydrogen-bond acceptors (Lipinski definition) is 3. The number of ether oxygens (including phenoxy) is 1. The summed E-state index contributed by atoms with van der Waals surface area (Å²) < 4.78 is 5.39. The Balaban J connectivity index is 2.60. The number of nitrogens with one attached hydrogen (secondary N) is 1. The summed E-state index contributed by atoms with van der Waals surface area (Å²) >= 11 is 0. The van der Waals surface area contributed by atoms with Crippen molar-refractivity contribution in [3.63, 3.8) is 0 Å². The molecule has 3 N–H and O–H groups in total. The molecule has 94 valence electrons. The SMILES string of the molecule is Cc1c(N)cccc1NC(=O)COC(C)(C)C. The molecule has 0 aliphatic carbocycles. The molecular weight excluding hydrogens is 216 g/mol. The van der Waals surface area contributed by atoms with Gasteiger partial charge in [-0.05, 0) is 45.4 Å². The predicted octanol–water partition coefficient (Wildman–Crippen LogP) is 2.33. The number of hydrogen-bond donors (Lipinski definition) is 2. The van der Waals surface area contributed by atoms with E-state index in [4.69, 9.17) is 10.5 Å². The van der Waals surface area contributed by atoms with E-state index in [2.05, 4.69) is 5.32 Å². The van der Waals surface area contributed by atoms with Crippen LogP contribution in [0.3, 0.4) is 0 Å². The molecule has 0 saturated carbocycles. The standard InChI is InChI=1S/C13H20N2O2/c1-9-10(14)6-5-7-11(9)15-12(16)8-17-13(2,3)4/h5-7H,8,14H2,1-4H3,(H,15,16). The third-order valence-electron chi connectivity index (χ3n) is 2.29. The zero-order valence-electron chi connectivity index (χ0n) is 10.8. The number of nitrogens with two attached hydrogens (primary N) is 1. The molecule has 0 aromatic heterocycles. The monoisotopic (exact) mass is 236 g/mol. The third-order valence-corrected chi connectivity index (χ3v) is 2.29. The van der Waals surface area contributed by atoms with Crippen LogP contribution in [0.15, 0.2) is 18.2 Å². The van der Waals surface area contributed by atoms with Crippen molar-refractivity contribution in [1.29, 1.82) is 0 Å². The fraction of sp³-hybridized carbons (Fsp3) is 0.462. The normalized spacial score (nSPS) is 11.3. The van der Waals surface area contributed by atoms with Crippen LogP contribution in [0.1, 0.15) is 26.3 Å². The Hall–Kier alpha value is -1.55. The van der Waals surface area contributed by atoms with Crippen molar-refractivity contribution in [2.45, 2.75) is 33.3 Å². The van der Waals surface area contributed by atoms with Crippen LogP contribution >= 0.6 is 0 Å². The van der Waals surface area contributed by atoms with E-state index >= 15 is 0 Å². The predicted molar refractivity (Wildman–Crippen MR) is 69.9 cm³/mol. The molecule has 0 aliphatic rings. The van der Waals surface area contributed by atoms with Gasteiger partial charge in [-0.25, -0.2) is 0 Å². The number of rotatable bonds is 3. The van der Waals surface area contributed by atoms with Crippen molar-refractivity contribution in [2.24, 2.45) is 0 Å². The van der Waals surface area contributed by atoms with E-state index in [1.54, 1.807) is 6.07 Å². The van der Waals surface area contributed by atoms with E-state index < -0.39 is 0 Å². The average Bonchev–Trinajstić information content (AvgIpc) is 2.21. The molecule has 0 radical (unpaired) electrons. The van der Waals surface area contributed by atoms with Crippen molar-refractivity contribution in [3.05, 3.63) is 23.8 Å². The summed E-state index contributed by atoms with van der Waals surface area (Å²) in [6, 6.07) is 5.43. The van der Waals surface area contributed by atoms with Gasteiger partial charge < -0.3 is 15.8 Å². The van der Waals surface area contributed by atoms with Gasteiger partial charge in [0.05, 0.1) is 5.60 Å². The zero-order valence-corrected chi connectivity index (χ0v) is 10.8. The van der Waals surface area contributed by atoms with Crippen LogP contribution in [-0.4, -0.2) is 18.1 Å². The topological polar surface area (TPSA) is 64.3 Å². The van der Waals surface area contributed by atoms with Gasteiger partial charge in [-0.1, -0.05) is 6.07 Å². The zero-order chi connectivity index (χ0) is 13.1. The molecule has 0 aliphatic heterocycles. The highest BCUT2D eigenvalue weighted by molar-refractivity contribution is 5.93. The molecule has 1 rings (SSSR count). The fourth-order valence-corrected chi connectivity index (χ4v) is 1.26. The highest BCUT2D eigenvalue weighted by Crippen LogP contribution is 2.20. The highest BCUT2D eigenvalue weighted by atomic mass is 16.5. The van der Waals surface area contributed by atoms with Crippen LogP contribution in [0.4, 0.5) is 11.4 Å². The summed E-state index contributed by atoms with van der Waals surface area (Å²) in [6.07, 6.45) is 0. The van der Waals surface area contributed by atoms with Crippen molar-refractivity contribution >= 4 is 17.3 Å². The Morgan fingerprint density at radius 3 is 2.65 bits per heavy atom. The van der Waals surface area contributed by atoms with Crippen molar-refractivity contribution in [2.75, 3.05) is 17.7 Å². The third kappa shape index (κ3) is 4.44. The summed E-state index contributed by atoms with van der Waals surface area (Å²) in [5.74, 6) is -0.173. The van der Waals surface area contributed by atoms with Crippen LogP contribution in [0.25, 0.3) is 0 Å². The Morgan fingerprint density at radius 1 is 1.41 bits per heavy atom. The van der Waals surface area contributed by atoms with Gasteiger partial charge in [0, 0.05) is 11.4 Å². The van der Waals surface area contributed by atoms with Crippen LogP contribution < -0.4 is 11.1 Å². The maximum atomic E-state index is 11.6. The molecule has 4 heteroatoms. The minimum atomic E-state index is -0.317. The van der Waals surface area contributed by atoms with Gasteiger partial charge in [-0.15, -0.1) is 0 Å². The van der Waals surface area contributed by atoms with Crippen molar-refractivity contribution in [1.82, 2.24) is 0 Å². The van der Waals surface area contributed by atoms with Gasteiger partial charge in [-0.2, -0.15) is 0 Å². The lowest BCUT2D eigenvalue weighted by molar-refractivity contribution is -0.125. The summed E-state index contributed by atoms with van der Waals surface area (Å²) in [5, 5.41) is 2.78. The molecule has 1 aromatic carbocycles. The van der Waals surface area contributed by atoms with Gasteiger partial charge in [0.15, 0.2) is 0 Å². The highest BCUT2D eigenvalue weighted by Gasteiger charge is 2.13. The molecule has 1 amide bonds. The molecule has 1 aromatic rings. The Labute approximate surface area is 102 Å². The Kier molecular flexibility index (Phi) is 4.12. The van der Waals surface area contributed by atoms with E-state index in [1.807, 2.05) is 39.8 Å². The number of anilines is 2. The Morgan fingerprint density at radius 2 is 2.06 bits per heavy atom. The van der Waals surface area contributed by atoms with E-state index in [9.17, 15) is 4.79 Å².